The third kappa shape index (κ3) is 4.16. The van der Waals surface area contributed by atoms with Gasteiger partial charge in [-0.1, -0.05) is 26.0 Å². The van der Waals surface area contributed by atoms with Crippen LogP contribution in [0.3, 0.4) is 0 Å². The lowest BCUT2D eigenvalue weighted by atomic mass is 9.97. The maximum atomic E-state index is 9.79. The van der Waals surface area contributed by atoms with Crippen molar-refractivity contribution in [3.8, 4) is 5.75 Å². The molecule has 1 atom stereocenters. The minimum absolute atomic E-state index is 0.153. The van der Waals surface area contributed by atoms with E-state index in [9.17, 15) is 5.11 Å². The Kier molecular flexibility index (Phi) is 5.65. The van der Waals surface area contributed by atoms with Gasteiger partial charge in [0.25, 0.3) is 0 Å². The van der Waals surface area contributed by atoms with Crippen LogP contribution >= 0.6 is 0 Å². The van der Waals surface area contributed by atoms with E-state index in [2.05, 4.69) is 34.3 Å². The first-order chi connectivity index (χ1) is 12.1. The van der Waals surface area contributed by atoms with Gasteiger partial charge in [0.1, 0.15) is 5.75 Å². The molecule has 0 unspecified atom stereocenters. The van der Waals surface area contributed by atoms with Gasteiger partial charge >= 0.3 is 0 Å². The molecule has 1 saturated heterocycles. The number of hydrogen-bond donors (Lipinski definition) is 1. The van der Waals surface area contributed by atoms with Gasteiger partial charge in [-0.05, 0) is 46.9 Å². The van der Waals surface area contributed by atoms with Crippen LogP contribution in [-0.4, -0.2) is 56.5 Å². The number of methoxy groups -OCH3 is 1. The number of hydrogen-bond acceptors (Lipinski definition) is 6. The summed E-state index contributed by atoms with van der Waals surface area (Å²) in [4.78, 5) is 2.40. The molecule has 3 rings (SSSR count). The van der Waals surface area contributed by atoms with E-state index in [0.29, 0.717) is 12.5 Å². The van der Waals surface area contributed by atoms with Gasteiger partial charge in [0.05, 0.1) is 25.8 Å². The number of aliphatic hydroxyl groups is 1. The molecule has 1 N–H and O–H groups in total. The summed E-state index contributed by atoms with van der Waals surface area (Å²) in [5.74, 6) is 2.12. The zero-order chi connectivity index (χ0) is 17.8. The molecular weight excluding hydrogens is 318 g/mol. The summed E-state index contributed by atoms with van der Waals surface area (Å²) < 4.78 is 7.10. The fraction of sp³-hybridized carbons (Fsp3) is 0.611. The quantitative estimate of drug-likeness (QED) is 0.861. The van der Waals surface area contributed by atoms with E-state index >= 15 is 0 Å². The van der Waals surface area contributed by atoms with Crippen LogP contribution in [0, 0.1) is 5.92 Å². The molecule has 2 aromatic rings. The molecule has 0 bridgehead atoms. The van der Waals surface area contributed by atoms with Crippen LogP contribution in [0.15, 0.2) is 24.3 Å². The fourth-order valence-electron chi connectivity index (χ4n) is 3.49. The SMILES string of the molecule is COc1ccc(Cn2nnnc2[C@@H](C(C)C)N2CCC(O)CC2)cc1. The number of nitrogens with zero attached hydrogens (tertiary/aromatic N) is 5. The molecule has 1 aliphatic heterocycles. The van der Waals surface area contributed by atoms with Gasteiger partial charge in [0.2, 0.25) is 0 Å². The Morgan fingerprint density at radius 2 is 1.88 bits per heavy atom. The van der Waals surface area contributed by atoms with Crippen LogP contribution < -0.4 is 4.74 Å². The van der Waals surface area contributed by atoms with Gasteiger partial charge in [-0.2, -0.15) is 0 Å². The molecule has 0 amide bonds. The predicted octanol–water partition coefficient (Wildman–Crippen LogP) is 1.88. The Labute approximate surface area is 148 Å². The maximum absolute atomic E-state index is 9.79. The topological polar surface area (TPSA) is 76.3 Å². The van der Waals surface area contributed by atoms with Crippen molar-refractivity contribution in [2.45, 2.75) is 45.4 Å². The molecule has 0 spiro atoms. The average Bonchev–Trinajstić information content (AvgIpc) is 3.05. The van der Waals surface area contributed by atoms with Crippen LogP contribution in [-0.2, 0) is 6.54 Å². The van der Waals surface area contributed by atoms with E-state index in [-0.39, 0.29) is 12.1 Å². The van der Waals surface area contributed by atoms with E-state index in [4.69, 9.17) is 4.74 Å². The average molecular weight is 345 g/mol. The lowest BCUT2D eigenvalue weighted by Gasteiger charge is -2.37. The summed E-state index contributed by atoms with van der Waals surface area (Å²) in [7, 11) is 1.66. The molecule has 7 nitrogen and oxygen atoms in total. The van der Waals surface area contributed by atoms with Crippen molar-refractivity contribution in [3.05, 3.63) is 35.7 Å². The number of likely N-dealkylation sites (tertiary alicyclic amines) is 1. The molecule has 25 heavy (non-hydrogen) atoms. The van der Waals surface area contributed by atoms with Crippen molar-refractivity contribution >= 4 is 0 Å². The Hall–Kier alpha value is -1.99. The monoisotopic (exact) mass is 345 g/mol. The molecule has 1 aromatic heterocycles. The fourth-order valence-corrected chi connectivity index (χ4v) is 3.49. The Balaban J connectivity index is 1.79. The van der Waals surface area contributed by atoms with Crippen molar-refractivity contribution in [3.63, 3.8) is 0 Å². The van der Waals surface area contributed by atoms with Gasteiger partial charge in [0, 0.05) is 13.1 Å². The molecule has 0 aliphatic carbocycles. The van der Waals surface area contributed by atoms with Crippen molar-refractivity contribution in [1.29, 1.82) is 0 Å². The number of aromatic nitrogens is 4. The number of tetrazole rings is 1. The highest BCUT2D eigenvalue weighted by molar-refractivity contribution is 5.27. The first-order valence-electron chi connectivity index (χ1n) is 8.89. The van der Waals surface area contributed by atoms with E-state index in [1.807, 2.05) is 28.9 Å². The van der Waals surface area contributed by atoms with E-state index < -0.39 is 0 Å². The van der Waals surface area contributed by atoms with Crippen molar-refractivity contribution in [1.82, 2.24) is 25.1 Å². The number of piperidine rings is 1. The van der Waals surface area contributed by atoms with Gasteiger partial charge in [-0.25, -0.2) is 4.68 Å². The zero-order valence-electron chi connectivity index (χ0n) is 15.2. The van der Waals surface area contributed by atoms with Crippen LogP contribution in [0.4, 0.5) is 0 Å². The summed E-state index contributed by atoms with van der Waals surface area (Å²) >= 11 is 0. The van der Waals surface area contributed by atoms with Crippen LogP contribution in [0.2, 0.25) is 0 Å². The molecule has 136 valence electrons. The highest BCUT2D eigenvalue weighted by atomic mass is 16.5. The largest absolute Gasteiger partial charge is 0.497 e. The predicted molar refractivity (Wildman–Crippen MR) is 94.3 cm³/mol. The normalized spacial score (nSPS) is 17.8. The first-order valence-corrected chi connectivity index (χ1v) is 8.89. The number of ether oxygens (including phenoxy) is 1. The minimum Gasteiger partial charge on any atom is -0.497 e. The Morgan fingerprint density at radius 3 is 2.48 bits per heavy atom. The summed E-state index contributed by atoms with van der Waals surface area (Å²) in [6, 6.07) is 8.12. The second kappa shape index (κ2) is 7.93. The van der Waals surface area contributed by atoms with Crippen LogP contribution in [0.5, 0.6) is 5.75 Å². The standard InChI is InChI=1S/C18H27N5O2/c1-13(2)17(22-10-8-15(24)9-11-22)18-19-20-21-23(18)12-14-4-6-16(25-3)7-5-14/h4-7,13,15,17,24H,8-12H2,1-3H3/t17-/m1/s1. The first kappa shape index (κ1) is 17.8. The number of rotatable bonds is 6. The summed E-state index contributed by atoms with van der Waals surface area (Å²) in [5.41, 5.74) is 1.13. The lowest BCUT2D eigenvalue weighted by molar-refractivity contribution is 0.0436. The maximum Gasteiger partial charge on any atom is 0.169 e. The molecule has 1 fully saturated rings. The second-order valence-corrected chi connectivity index (χ2v) is 7.00. The van der Waals surface area contributed by atoms with Crippen LogP contribution in [0.25, 0.3) is 0 Å². The summed E-state index contributed by atoms with van der Waals surface area (Å²) in [6.45, 7) is 6.77. The van der Waals surface area contributed by atoms with Gasteiger partial charge < -0.3 is 9.84 Å². The highest BCUT2D eigenvalue weighted by Crippen LogP contribution is 2.30. The Bertz CT molecular complexity index is 662. The van der Waals surface area contributed by atoms with E-state index in [1.54, 1.807) is 7.11 Å². The number of benzene rings is 1. The minimum atomic E-state index is -0.181. The highest BCUT2D eigenvalue weighted by Gasteiger charge is 2.31. The van der Waals surface area contributed by atoms with E-state index in [0.717, 1.165) is 43.1 Å². The molecule has 7 heteroatoms. The summed E-state index contributed by atoms with van der Waals surface area (Å²) in [6.07, 6.45) is 1.44. The lowest BCUT2D eigenvalue weighted by Crippen LogP contribution is -2.41. The molecule has 1 aromatic carbocycles. The van der Waals surface area contributed by atoms with Gasteiger partial charge in [0.15, 0.2) is 5.82 Å². The number of aliphatic hydroxyl groups excluding tert-OH is 1. The zero-order valence-corrected chi connectivity index (χ0v) is 15.2. The molecule has 2 heterocycles. The molecule has 0 radical (unpaired) electrons. The molecular formula is C18H27N5O2. The van der Waals surface area contributed by atoms with Crippen molar-refractivity contribution in [2.75, 3.05) is 20.2 Å². The second-order valence-electron chi connectivity index (χ2n) is 7.00. The van der Waals surface area contributed by atoms with E-state index in [1.165, 1.54) is 0 Å². The van der Waals surface area contributed by atoms with Gasteiger partial charge in [-0.3, -0.25) is 4.90 Å². The Morgan fingerprint density at radius 1 is 1.20 bits per heavy atom. The van der Waals surface area contributed by atoms with Crippen molar-refractivity contribution < 1.29 is 9.84 Å². The molecule has 0 saturated carbocycles. The van der Waals surface area contributed by atoms with Crippen LogP contribution in [0.1, 0.15) is 44.1 Å². The molecule has 1 aliphatic rings. The third-order valence-corrected chi connectivity index (χ3v) is 4.84. The summed E-state index contributed by atoms with van der Waals surface area (Å²) in [5, 5.41) is 22.3. The smallest absolute Gasteiger partial charge is 0.169 e. The third-order valence-electron chi connectivity index (χ3n) is 4.84. The van der Waals surface area contributed by atoms with Crippen molar-refractivity contribution in [2.24, 2.45) is 5.92 Å². The van der Waals surface area contributed by atoms with Gasteiger partial charge in [-0.15, -0.1) is 5.10 Å².